The number of hydrogen-bond donors (Lipinski definition) is 2. The number of anilines is 1. The third-order valence-corrected chi connectivity index (χ3v) is 2.84. The fraction of sp³-hybridized carbons (Fsp3) is 0.429. The van der Waals surface area contributed by atoms with E-state index < -0.39 is 12.0 Å². The molecule has 0 aliphatic rings. The number of aryl methyl sites for hydroxylation is 1. The van der Waals surface area contributed by atoms with Gasteiger partial charge in [-0.1, -0.05) is 13.3 Å². The Hall–Kier alpha value is -1.88. The highest BCUT2D eigenvalue weighted by Crippen LogP contribution is 2.17. The quantitative estimate of drug-likeness (QED) is 0.795. The van der Waals surface area contributed by atoms with Crippen LogP contribution >= 0.6 is 0 Å². The van der Waals surface area contributed by atoms with Gasteiger partial charge < -0.3 is 15.8 Å². The van der Waals surface area contributed by atoms with E-state index in [2.05, 4.69) is 10.1 Å². The maximum atomic E-state index is 11.8. The number of esters is 1. The zero-order valence-corrected chi connectivity index (χ0v) is 11.5. The van der Waals surface area contributed by atoms with E-state index in [0.717, 1.165) is 12.0 Å². The summed E-state index contributed by atoms with van der Waals surface area (Å²) in [6, 6.07) is 4.45. The highest BCUT2D eigenvalue weighted by Gasteiger charge is 2.14. The van der Waals surface area contributed by atoms with E-state index in [1.165, 1.54) is 7.11 Å². The molecule has 0 aromatic heterocycles. The summed E-state index contributed by atoms with van der Waals surface area (Å²) in [5.74, 6) is -0.612. The molecule has 1 unspecified atom stereocenters. The van der Waals surface area contributed by atoms with Crippen molar-refractivity contribution in [1.82, 2.24) is 0 Å². The maximum Gasteiger partial charge on any atom is 0.337 e. The Morgan fingerprint density at radius 2 is 2.11 bits per heavy atom. The zero-order valence-electron chi connectivity index (χ0n) is 11.5. The van der Waals surface area contributed by atoms with Crippen molar-refractivity contribution in [2.24, 2.45) is 5.73 Å². The van der Waals surface area contributed by atoms with Gasteiger partial charge in [-0.3, -0.25) is 4.79 Å². The highest BCUT2D eigenvalue weighted by atomic mass is 16.5. The lowest BCUT2D eigenvalue weighted by atomic mass is 10.1. The van der Waals surface area contributed by atoms with Gasteiger partial charge in [-0.2, -0.15) is 0 Å². The second-order valence-electron chi connectivity index (χ2n) is 4.41. The van der Waals surface area contributed by atoms with Gasteiger partial charge in [0, 0.05) is 5.69 Å². The fourth-order valence-corrected chi connectivity index (χ4v) is 1.72. The van der Waals surface area contributed by atoms with Crippen LogP contribution in [0.25, 0.3) is 0 Å². The molecular formula is C14H20N2O3. The van der Waals surface area contributed by atoms with Gasteiger partial charge in [0.25, 0.3) is 0 Å². The number of benzene rings is 1. The maximum absolute atomic E-state index is 11.8. The molecule has 19 heavy (non-hydrogen) atoms. The molecule has 0 heterocycles. The van der Waals surface area contributed by atoms with Crippen LogP contribution in [-0.4, -0.2) is 25.0 Å². The minimum atomic E-state index is -0.510. The van der Waals surface area contributed by atoms with Crippen LogP contribution in [-0.2, 0) is 9.53 Å². The molecular weight excluding hydrogens is 244 g/mol. The molecule has 1 aromatic carbocycles. The Morgan fingerprint density at radius 3 is 2.63 bits per heavy atom. The van der Waals surface area contributed by atoms with Crippen LogP contribution in [0.5, 0.6) is 0 Å². The number of rotatable bonds is 5. The smallest absolute Gasteiger partial charge is 0.337 e. The molecule has 1 atom stereocenters. The Labute approximate surface area is 113 Å². The third kappa shape index (κ3) is 4.06. The van der Waals surface area contributed by atoms with Crippen LogP contribution in [0.2, 0.25) is 0 Å². The molecule has 0 saturated heterocycles. The first kappa shape index (κ1) is 15.2. The van der Waals surface area contributed by atoms with Crippen LogP contribution in [0, 0.1) is 6.92 Å². The van der Waals surface area contributed by atoms with Crippen molar-refractivity contribution in [1.29, 1.82) is 0 Å². The van der Waals surface area contributed by atoms with Gasteiger partial charge in [0.1, 0.15) is 0 Å². The minimum Gasteiger partial charge on any atom is -0.465 e. The first-order valence-corrected chi connectivity index (χ1v) is 6.25. The van der Waals surface area contributed by atoms with Crippen LogP contribution in [0.4, 0.5) is 5.69 Å². The molecule has 1 rings (SSSR count). The number of carbonyl (C=O) groups excluding carboxylic acids is 2. The third-order valence-electron chi connectivity index (χ3n) is 2.84. The molecule has 0 spiro atoms. The average molecular weight is 264 g/mol. The van der Waals surface area contributed by atoms with Gasteiger partial charge in [0.15, 0.2) is 0 Å². The summed E-state index contributed by atoms with van der Waals surface area (Å²) >= 11 is 0. The van der Waals surface area contributed by atoms with E-state index in [4.69, 9.17) is 5.73 Å². The Kier molecular flexibility index (Phi) is 5.51. The topological polar surface area (TPSA) is 81.4 Å². The molecule has 0 aliphatic heterocycles. The molecule has 5 heteroatoms. The standard InChI is InChI=1S/C14H20N2O3/c1-4-5-11(15)13(17)16-12-7-6-10(8-9(12)2)14(18)19-3/h6-8,11H,4-5,15H2,1-3H3,(H,16,17). The van der Waals surface area contributed by atoms with E-state index in [9.17, 15) is 9.59 Å². The lowest BCUT2D eigenvalue weighted by Gasteiger charge is -2.13. The number of nitrogens with one attached hydrogen (secondary N) is 1. The van der Waals surface area contributed by atoms with Gasteiger partial charge in [-0.25, -0.2) is 4.79 Å². The van der Waals surface area contributed by atoms with Crippen molar-refractivity contribution in [3.8, 4) is 0 Å². The predicted octanol–water partition coefficient (Wildman–Crippen LogP) is 1.85. The molecule has 1 amide bonds. The van der Waals surface area contributed by atoms with Gasteiger partial charge in [-0.05, 0) is 37.1 Å². The number of methoxy groups -OCH3 is 1. The molecule has 5 nitrogen and oxygen atoms in total. The summed E-state index contributed by atoms with van der Waals surface area (Å²) in [7, 11) is 1.33. The summed E-state index contributed by atoms with van der Waals surface area (Å²) in [6.07, 6.45) is 1.50. The van der Waals surface area contributed by atoms with Crippen LogP contribution in [0.3, 0.4) is 0 Å². The highest BCUT2D eigenvalue weighted by molar-refractivity contribution is 5.96. The second-order valence-corrected chi connectivity index (χ2v) is 4.41. The fourth-order valence-electron chi connectivity index (χ4n) is 1.72. The summed E-state index contributed by atoms with van der Waals surface area (Å²) in [4.78, 5) is 23.2. The molecule has 0 bridgehead atoms. The number of carbonyl (C=O) groups is 2. The van der Waals surface area contributed by atoms with Crippen LogP contribution in [0.15, 0.2) is 18.2 Å². The number of amides is 1. The molecule has 104 valence electrons. The summed E-state index contributed by atoms with van der Waals surface area (Å²) in [6.45, 7) is 3.79. The summed E-state index contributed by atoms with van der Waals surface area (Å²) in [5, 5.41) is 2.76. The van der Waals surface area contributed by atoms with E-state index >= 15 is 0 Å². The van der Waals surface area contributed by atoms with Crippen LogP contribution < -0.4 is 11.1 Å². The van der Waals surface area contributed by atoms with Crippen molar-refractivity contribution in [2.45, 2.75) is 32.7 Å². The Morgan fingerprint density at radius 1 is 1.42 bits per heavy atom. The van der Waals surface area contributed by atoms with E-state index in [-0.39, 0.29) is 5.91 Å². The van der Waals surface area contributed by atoms with E-state index in [1.807, 2.05) is 13.8 Å². The minimum absolute atomic E-state index is 0.212. The second kappa shape index (κ2) is 6.89. The number of nitrogens with two attached hydrogens (primary N) is 1. The van der Waals surface area contributed by atoms with Gasteiger partial charge >= 0.3 is 5.97 Å². The van der Waals surface area contributed by atoms with E-state index in [1.54, 1.807) is 18.2 Å². The largest absolute Gasteiger partial charge is 0.465 e. The lowest BCUT2D eigenvalue weighted by Crippen LogP contribution is -2.35. The molecule has 0 fully saturated rings. The summed E-state index contributed by atoms with van der Waals surface area (Å²) in [5.41, 5.74) is 7.64. The Bertz CT molecular complexity index is 472. The first-order valence-electron chi connectivity index (χ1n) is 6.25. The predicted molar refractivity (Wildman–Crippen MR) is 74.0 cm³/mol. The monoisotopic (exact) mass is 264 g/mol. The van der Waals surface area contributed by atoms with E-state index in [0.29, 0.717) is 17.7 Å². The normalized spacial score (nSPS) is 11.8. The SMILES string of the molecule is CCCC(N)C(=O)Nc1ccc(C(=O)OC)cc1C. The first-order chi connectivity index (χ1) is 8.99. The molecule has 0 aliphatic carbocycles. The average Bonchev–Trinajstić information content (AvgIpc) is 2.40. The van der Waals surface area contributed by atoms with Crippen molar-refractivity contribution < 1.29 is 14.3 Å². The lowest BCUT2D eigenvalue weighted by molar-refractivity contribution is -0.117. The molecule has 0 radical (unpaired) electrons. The van der Waals surface area contributed by atoms with Crippen molar-refractivity contribution in [3.63, 3.8) is 0 Å². The molecule has 1 aromatic rings. The Balaban J connectivity index is 2.80. The van der Waals surface area contributed by atoms with Gasteiger partial charge in [0.2, 0.25) is 5.91 Å². The van der Waals surface area contributed by atoms with Crippen LogP contribution in [0.1, 0.15) is 35.7 Å². The van der Waals surface area contributed by atoms with Crippen molar-refractivity contribution in [3.05, 3.63) is 29.3 Å². The van der Waals surface area contributed by atoms with Crippen molar-refractivity contribution in [2.75, 3.05) is 12.4 Å². The molecule has 3 N–H and O–H groups in total. The van der Waals surface area contributed by atoms with Crippen molar-refractivity contribution >= 4 is 17.6 Å². The number of hydrogen-bond acceptors (Lipinski definition) is 4. The van der Waals surface area contributed by atoms with Gasteiger partial charge in [0.05, 0.1) is 18.7 Å². The molecule has 0 saturated carbocycles. The zero-order chi connectivity index (χ0) is 14.4. The summed E-state index contributed by atoms with van der Waals surface area (Å²) < 4.78 is 4.64. The van der Waals surface area contributed by atoms with Gasteiger partial charge in [-0.15, -0.1) is 0 Å². The number of ether oxygens (including phenoxy) is 1.